The van der Waals surface area contributed by atoms with Crippen molar-refractivity contribution < 1.29 is 67.1 Å². The highest BCUT2D eigenvalue weighted by atomic mass is 16.6. The summed E-state index contributed by atoms with van der Waals surface area (Å²) in [4.78, 5) is 79.0. The van der Waals surface area contributed by atoms with E-state index in [0.29, 0.717) is 5.56 Å². The first-order valence-corrected chi connectivity index (χ1v) is 15.9. The maximum atomic E-state index is 14.2. The van der Waals surface area contributed by atoms with Crippen LogP contribution in [0.2, 0.25) is 0 Å². The van der Waals surface area contributed by atoms with Crippen molar-refractivity contribution in [2.24, 2.45) is 28.6 Å². The van der Waals surface area contributed by atoms with Crippen LogP contribution in [0, 0.1) is 28.6 Å². The molecule has 0 aromatic carbocycles. The SMILES string of the molecule is C=C1[C@@H]([C@@]2(C)[C@@H](OC(C)=O)CC(=O)O[C@]3(C)COC(=O)C[C@@H]23)[C@@H](OC=O)[C@H](OC(=O)[C@H](O)C(C)C)[C@@]2(C)[C@H](c3ccoc3)CC(=O)[C@]12O. The second-order valence-corrected chi connectivity index (χ2v) is 14.3. The molecule has 0 bridgehead atoms. The van der Waals surface area contributed by atoms with Crippen LogP contribution in [0.4, 0.5) is 0 Å². The third-order valence-corrected chi connectivity index (χ3v) is 11.4. The lowest BCUT2D eigenvalue weighted by molar-refractivity contribution is -0.242. The molecular weight excluding hydrogens is 632 g/mol. The molecule has 2 aliphatic heterocycles. The molecule has 1 aromatic rings. The molecule has 0 radical (unpaired) electrons. The van der Waals surface area contributed by atoms with Crippen molar-refractivity contribution in [2.45, 2.75) is 102 Å². The quantitative estimate of drug-likeness (QED) is 0.175. The standard InChI is InChI=1S/C34H42O14/c1-16(2)27(40)30(41)47-29-28(45-15-35)26(17(3)34(42)22(37)10-20(33(29,34)7)19-8-9-43-13-19)32(6)21-11-24(38)44-14-31(21,5)48-25(39)12-23(32)46-18(4)36/h8-9,13,15-16,20-21,23,26-29,40,42H,3,10-12,14H2,1-2,4-7H3/t20-,21+,23-,26+,27+,28+,29-,31+,32+,33+,34+/m0/s1. The molecule has 4 aliphatic rings. The summed E-state index contributed by atoms with van der Waals surface area (Å²) >= 11 is 0. The Kier molecular flexibility index (Phi) is 8.91. The lowest BCUT2D eigenvalue weighted by Gasteiger charge is -2.61. The van der Waals surface area contributed by atoms with Crippen molar-refractivity contribution in [3.8, 4) is 0 Å². The molecule has 262 valence electrons. The number of hydrogen-bond donors (Lipinski definition) is 2. The van der Waals surface area contributed by atoms with Gasteiger partial charge in [0.05, 0.1) is 30.8 Å². The van der Waals surface area contributed by atoms with E-state index in [0.717, 1.165) is 6.92 Å². The van der Waals surface area contributed by atoms with E-state index >= 15 is 0 Å². The zero-order chi connectivity index (χ0) is 35.6. The molecule has 14 heteroatoms. The molecule has 2 saturated heterocycles. The first kappa shape index (κ1) is 35.3. The van der Waals surface area contributed by atoms with Gasteiger partial charge in [-0.3, -0.25) is 24.0 Å². The topological polar surface area (TPSA) is 202 Å². The molecule has 0 amide bonds. The van der Waals surface area contributed by atoms with Crippen LogP contribution in [-0.2, 0) is 52.5 Å². The number of carbonyl (C=O) groups is 6. The monoisotopic (exact) mass is 674 g/mol. The first-order chi connectivity index (χ1) is 22.4. The van der Waals surface area contributed by atoms with Crippen molar-refractivity contribution in [3.05, 3.63) is 36.3 Å². The Bertz CT molecular complexity index is 1510. The van der Waals surface area contributed by atoms with Crippen LogP contribution in [0.1, 0.15) is 72.3 Å². The van der Waals surface area contributed by atoms with Crippen LogP contribution in [0.25, 0.3) is 0 Å². The highest BCUT2D eigenvalue weighted by molar-refractivity contribution is 5.96. The summed E-state index contributed by atoms with van der Waals surface area (Å²) in [7, 11) is 0. The summed E-state index contributed by atoms with van der Waals surface area (Å²) in [6, 6.07) is 1.59. The summed E-state index contributed by atoms with van der Waals surface area (Å²) < 4.78 is 34.1. The summed E-state index contributed by atoms with van der Waals surface area (Å²) in [5.41, 5.74) is -7.14. The molecule has 14 nitrogen and oxygen atoms in total. The van der Waals surface area contributed by atoms with Crippen LogP contribution < -0.4 is 0 Å². The van der Waals surface area contributed by atoms with Gasteiger partial charge >= 0.3 is 23.9 Å². The molecule has 2 saturated carbocycles. The molecule has 0 unspecified atom stereocenters. The van der Waals surface area contributed by atoms with Gasteiger partial charge in [0, 0.05) is 36.5 Å². The highest BCUT2D eigenvalue weighted by Crippen LogP contribution is 2.68. The van der Waals surface area contributed by atoms with Crippen molar-refractivity contribution in [1.29, 1.82) is 0 Å². The zero-order valence-corrected chi connectivity index (χ0v) is 27.8. The smallest absolute Gasteiger partial charge is 0.335 e. The van der Waals surface area contributed by atoms with Gasteiger partial charge in [-0.25, -0.2) is 4.79 Å². The number of rotatable bonds is 8. The van der Waals surface area contributed by atoms with Crippen molar-refractivity contribution in [3.63, 3.8) is 0 Å². The molecule has 5 rings (SSSR count). The molecule has 1 aromatic heterocycles. The third kappa shape index (κ3) is 5.06. The van der Waals surface area contributed by atoms with Gasteiger partial charge in [-0.15, -0.1) is 0 Å². The molecule has 48 heavy (non-hydrogen) atoms. The molecule has 4 fully saturated rings. The van der Waals surface area contributed by atoms with E-state index in [-0.39, 0.29) is 31.5 Å². The van der Waals surface area contributed by atoms with Gasteiger partial charge in [0.1, 0.15) is 30.5 Å². The molecule has 0 spiro atoms. The van der Waals surface area contributed by atoms with Crippen LogP contribution in [0.15, 0.2) is 35.2 Å². The Hall–Kier alpha value is -4.04. The van der Waals surface area contributed by atoms with E-state index in [1.54, 1.807) is 33.8 Å². The van der Waals surface area contributed by atoms with Gasteiger partial charge < -0.3 is 38.3 Å². The number of aliphatic hydroxyl groups is 2. The molecule has 2 aliphatic carbocycles. The third-order valence-electron chi connectivity index (χ3n) is 11.4. The fourth-order valence-electron chi connectivity index (χ4n) is 8.93. The minimum Gasteiger partial charge on any atom is -0.472 e. The minimum absolute atomic E-state index is 0.110. The van der Waals surface area contributed by atoms with E-state index in [4.69, 9.17) is 28.1 Å². The Morgan fingerprint density at radius 3 is 2.35 bits per heavy atom. The predicted octanol–water partition coefficient (Wildman–Crippen LogP) is 1.94. The number of hydrogen-bond acceptors (Lipinski definition) is 14. The summed E-state index contributed by atoms with van der Waals surface area (Å²) in [5, 5.41) is 23.6. The van der Waals surface area contributed by atoms with Crippen molar-refractivity contribution in [2.75, 3.05) is 6.61 Å². The lowest BCUT2D eigenvalue weighted by Crippen LogP contribution is -2.72. The number of carbonyl (C=O) groups excluding carboxylic acids is 6. The van der Waals surface area contributed by atoms with Crippen LogP contribution in [-0.4, -0.2) is 88.6 Å². The van der Waals surface area contributed by atoms with E-state index < -0.39 is 106 Å². The second kappa shape index (κ2) is 12.1. The lowest BCUT2D eigenvalue weighted by atomic mass is 9.46. The number of fused-ring (bicyclic) bond motifs is 2. The normalized spacial score (nSPS) is 40.1. The maximum Gasteiger partial charge on any atom is 0.335 e. The zero-order valence-electron chi connectivity index (χ0n) is 27.8. The van der Waals surface area contributed by atoms with E-state index in [2.05, 4.69) is 6.58 Å². The van der Waals surface area contributed by atoms with Crippen molar-refractivity contribution >= 4 is 36.1 Å². The van der Waals surface area contributed by atoms with Gasteiger partial charge in [-0.1, -0.05) is 34.3 Å². The van der Waals surface area contributed by atoms with Crippen LogP contribution in [0.3, 0.4) is 0 Å². The van der Waals surface area contributed by atoms with E-state index in [1.165, 1.54) is 19.5 Å². The summed E-state index contributed by atoms with van der Waals surface area (Å²) in [6.45, 7) is 12.9. The second-order valence-electron chi connectivity index (χ2n) is 14.3. The number of esters is 4. The van der Waals surface area contributed by atoms with E-state index in [1.807, 2.05) is 0 Å². The van der Waals surface area contributed by atoms with Gasteiger partial charge in [0.2, 0.25) is 0 Å². The Morgan fingerprint density at radius 2 is 1.77 bits per heavy atom. The van der Waals surface area contributed by atoms with Gasteiger partial charge in [-0.05, 0) is 30.0 Å². The number of furan rings is 1. The van der Waals surface area contributed by atoms with E-state index in [9.17, 15) is 39.0 Å². The molecule has 3 heterocycles. The van der Waals surface area contributed by atoms with Crippen LogP contribution in [0.5, 0.6) is 0 Å². The molecule has 2 N–H and O–H groups in total. The number of cyclic esters (lactones) is 1. The van der Waals surface area contributed by atoms with Gasteiger partial charge in [0.25, 0.3) is 6.47 Å². The first-order valence-electron chi connectivity index (χ1n) is 15.9. The minimum atomic E-state index is -2.48. The molecule has 11 atom stereocenters. The fraction of sp³-hybridized carbons (Fsp3) is 0.647. The van der Waals surface area contributed by atoms with Gasteiger partial charge in [-0.2, -0.15) is 0 Å². The Morgan fingerprint density at radius 1 is 1.08 bits per heavy atom. The van der Waals surface area contributed by atoms with Crippen LogP contribution >= 0.6 is 0 Å². The number of Topliss-reactive ketones (excluding diaryl/α,β-unsaturated/α-hetero) is 1. The summed E-state index contributed by atoms with van der Waals surface area (Å²) in [5.74, 6) is -7.98. The number of ether oxygens (including phenoxy) is 5. The largest absolute Gasteiger partial charge is 0.472 e. The summed E-state index contributed by atoms with van der Waals surface area (Å²) in [6.07, 6.45) is -4.64. The molecular formula is C34H42O14. The Labute approximate surface area is 277 Å². The number of ketones is 1. The predicted molar refractivity (Wildman–Crippen MR) is 160 cm³/mol. The number of aliphatic hydroxyl groups excluding tert-OH is 1. The average Bonchev–Trinajstić information content (AvgIpc) is 3.59. The fourth-order valence-corrected chi connectivity index (χ4v) is 8.93. The van der Waals surface area contributed by atoms with Gasteiger partial charge in [0.15, 0.2) is 17.5 Å². The highest BCUT2D eigenvalue weighted by Gasteiger charge is 2.78. The average molecular weight is 675 g/mol. The van der Waals surface area contributed by atoms with Crippen molar-refractivity contribution in [1.82, 2.24) is 0 Å². The Balaban J connectivity index is 1.82. The maximum absolute atomic E-state index is 14.2.